The molecule has 7 heteroatoms. The number of aromatic nitrogens is 2. The van der Waals surface area contributed by atoms with Gasteiger partial charge in [-0.3, -0.25) is 14.6 Å². The van der Waals surface area contributed by atoms with Crippen LogP contribution in [0.15, 0.2) is 57.9 Å². The van der Waals surface area contributed by atoms with Crippen LogP contribution in [0, 0.1) is 5.92 Å². The number of pyridine rings is 1. The number of hydrogen-bond donors (Lipinski definition) is 0. The Morgan fingerprint density at radius 3 is 2.65 bits per heavy atom. The predicted molar refractivity (Wildman–Crippen MR) is 91.4 cm³/mol. The number of amides is 1. The Morgan fingerprint density at radius 2 is 1.96 bits per heavy atom. The third-order valence-corrected chi connectivity index (χ3v) is 4.59. The zero-order chi connectivity index (χ0) is 17.9. The summed E-state index contributed by atoms with van der Waals surface area (Å²) >= 11 is 0. The number of nitrogens with zero attached hydrogens (tertiary/aromatic N) is 3. The maximum absolute atomic E-state index is 12.6. The second-order valence-corrected chi connectivity index (χ2v) is 6.23. The van der Waals surface area contributed by atoms with Crippen LogP contribution < -0.4 is 0 Å². The van der Waals surface area contributed by atoms with Crippen molar-refractivity contribution < 1.29 is 18.5 Å². The number of piperidine rings is 1. The molecular formula is C19H17N3O4. The topological polar surface area (TPSA) is 89.4 Å². The summed E-state index contributed by atoms with van der Waals surface area (Å²) in [5, 5.41) is 3.85. The third-order valence-electron chi connectivity index (χ3n) is 4.59. The van der Waals surface area contributed by atoms with Gasteiger partial charge in [-0.05, 0) is 37.1 Å². The van der Waals surface area contributed by atoms with Gasteiger partial charge in [-0.25, -0.2) is 0 Å². The van der Waals surface area contributed by atoms with Crippen molar-refractivity contribution in [1.29, 1.82) is 0 Å². The number of rotatable bonds is 4. The first kappa shape index (κ1) is 16.3. The molecule has 1 aliphatic rings. The monoisotopic (exact) mass is 351 g/mol. The van der Waals surface area contributed by atoms with Crippen LogP contribution in [-0.2, 0) is 0 Å². The first-order valence-corrected chi connectivity index (χ1v) is 8.46. The first-order chi connectivity index (χ1) is 12.7. The molecule has 0 atom stereocenters. The SMILES string of the molecule is O=C(c1cccnc1)C1CCN(C(=O)c2cc(-c3ccco3)on2)CC1. The van der Waals surface area contributed by atoms with Crippen LogP contribution >= 0.6 is 0 Å². The van der Waals surface area contributed by atoms with Gasteiger partial charge in [0, 0.05) is 43.0 Å². The van der Waals surface area contributed by atoms with Gasteiger partial charge in [-0.15, -0.1) is 0 Å². The van der Waals surface area contributed by atoms with Gasteiger partial charge in [0.2, 0.25) is 5.76 Å². The summed E-state index contributed by atoms with van der Waals surface area (Å²) in [6, 6.07) is 8.59. The van der Waals surface area contributed by atoms with Crippen LogP contribution in [0.25, 0.3) is 11.5 Å². The van der Waals surface area contributed by atoms with Gasteiger partial charge in [0.1, 0.15) is 0 Å². The van der Waals surface area contributed by atoms with Gasteiger partial charge < -0.3 is 13.8 Å². The summed E-state index contributed by atoms with van der Waals surface area (Å²) in [5.74, 6) is 0.752. The Bertz CT molecular complexity index is 894. The summed E-state index contributed by atoms with van der Waals surface area (Å²) in [6.07, 6.45) is 6.02. The minimum absolute atomic E-state index is 0.0840. The van der Waals surface area contributed by atoms with E-state index in [1.165, 1.54) is 6.26 Å². The zero-order valence-corrected chi connectivity index (χ0v) is 14.0. The first-order valence-electron chi connectivity index (χ1n) is 8.46. The Balaban J connectivity index is 1.39. The average Bonchev–Trinajstić information content (AvgIpc) is 3.39. The molecule has 1 fully saturated rings. The molecule has 0 unspecified atom stereocenters. The normalized spacial score (nSPS) is 15.2. The fraction of sp³-hybridized carbons (Fsp3) is 0.263. The third kappa shape index (κ3) is 3.15. The van der Waals surface area contributed by atoms with Crippen molar-refractivity contribution in [2.24, 2.45) is 5.92 Å². The molecule has 1 saturated heterocycles. The smallest absolute Gasteiger partial charge is 0.276 e. The molecule has 0 aliphatic carbocycles. The van der Waals surface area contributed by atoms with E-state index < -0.39 is 0 Å². The van der Waals surface area contributed by atoms with Crippen LogP contribution in [-0.4, -0.2) is 39.8 Å². The molecule has 0 N–H and O–H groups in total. The number of Topliss-reactive ketones (excluding diaryl/α,β-unsaturated/α-hetero) is 1. The highest BCUT2D eigenvalue weighted by Crippen LogP contribution is 2.24. The van der Waals surface area contributed by atoms with Crippen LogP contribution in [0.1, 0.15) is 33.7 Å². The maximum Gasteiger partial charge on any atom is 0.276 e. The minimum atomic E-state index is -0.196. The fourth-order valence-electron chi connectivity index (χ4n) is 3.16. The molecule has 0 bridgehead atoms. The average molecular weight is 351 g/mol. The molecule has 0 spiro atoms. The van der Waals surface area contributed by atoms with E-state index in [-0.39, 0.29) is 23.3 Å². The number of hydrogen-bond acceptors (Lipinski definition) is 6. The Hall–Kier alpha value is -3.22. The number of ketones is 1. The van der Waals surface area contributed by atoms with Gasteiger partial charge in [-0.1, -0.05) is 5.16 Å². The molecule has 7 nitrogen and oxygen atoms in total. The lowest BCUT2D eigenvalue weighted by molar-refractivity contribution is 0.0642. The standard InChI is InChI=1S/C19H17N3O4/c23-18(14-3-1-7-20-12-14)13-5-8-22(9-6-13)19(24)15-11-17(26-21-15)16-4-2-10-25-16/h1-4,7,10-13H,5-6,8-9H2. The van der Waals surface area contributed by atoms with Gasteiger partial charge in [0.05, 0.1) is 6.26 Å². The van der Waals surface area contributed by atoms with Crippen molar-refractivity contribution in [1.82, 2.24) is 15.0 Å². The molecule has 0 aromatic carbocycles. The minimum Gasteiger partial charge on any atom is -0.461 e. The van der Waals surface area contributed by atoms with E-state index in [0.717, 1.165) is 0 Å². The highest BCUT2D eigenvalue weighted by molar-refractivity contribution is 5.98. The van der Waals surface area contributed by atoms with Crippen LogP contribution in [0.5, 0.6) is 0 Å². The van der Waals surface area contributed by atoms with Crippen LogP contribution in [0.4, 0.5) is 0 Å². The van der Waals surface area contributed by atoms with E-state index in [1.54, 1.807) is 47.6 Å². The Labute approximate surface area is 149 Å². The molecule has 3 aromatic heterocycles. The Kier molecular flexibility index (Phi) is 4.35. The molecule has 1 amide bonds. The molecule has 0 radical (unpaired) electrons. The second kappa shape index (κ2) is 6.95. The van der Waals surface area contributed by atoms with Crippen molar-refractivity contribution in [2.45, 2.75) is 12.8 Å². The molecule has 4 rings (SSSR count). The van der Waals surface area contributed by atoms with E-state index in [1.807, 2.05) is 0 Å². The maximum atomic E-state index is 12.6. The Morgan fingerprint density at radius 1 is 1.12 bits per heavy atom. The van der Waals surface area contributed by atoms with Gasteiger partial charge in [0.15, 0.2) is 17.2 Å². The van der Waals surface area contributed by atoms with Crippen molar-refractivity contribution in [3.63, 3.8) is 0 Å². The molecule has 4 heterocycles. The number of furan rings is 1. The van der Waals surface area contributed by atoms with E-state index >= 15 is 0 Å². The number of carbonyl (C=O) groups is 2. The molecular weight excluding hydrogens is 334 g/mol. The van der Waals surface area contributed by atoms with Crippen LogP contribution in [0.3, 0.4) is 0 Å². The van der Waals surface area contributed by atoms with Crippen molar-refractivity contribution in [3.8, 4) is 11.5 Å². The van der Waals surface area contributed by atoms with Crippen LogP contribution in [0.2, 0.25) is 0 Å². The van der Waals surface area contributed by atoms with E-state index in [4.69, 9.17) is 8.94 Å². The highest BCUT2D eigenvalue weighted by atomic mass is 16.5. The van der Waals surface area contributed by atoms with Crippen molar-refractivity contribution in [3.05, 3.63) is 60.2 Å². The lowest BCUT2D eigenvalue weighted by Gasteiger charge is -2.30. The molecule has 26 heavy (non-hydrogen) atoms. The summed E-state index contributed by atoms with van der Waals surface area (Å²) in [6.45, 7) is 1.02. The van der Waals surface area contributed by atoms with Crippen molar-refractivity contribution >= 4 is 11.7 Å². The van der Waals surface area contributed by atoms with Gasteiger partial charge in [0.25, 0.3) is 5.91 Å². The second-order valence-electron chi connectivity index (χ2n) is 6.23. The summed E-state index contributed by atoms with van der Waals surface area (Å²) in [5.41, 5.74) is 0.866. The lowest BCUT2D eigenvalue weighted by Crippen LogP contribution is -2.40. The summed E-state index contributed by atoms with van der Waals surface area (Å²) in [7, 11) is 0. The van der Waals surface area contributed by atoms with E-state index in [9.17, 15) is 9.59 Å². The molecule has 0 saturated carbocycles. The molecule has 132 valence electrons. The zero-order valence-electron chi connectivity index (χ0n) is 14.0. The lowest BCUT2D eigenvalue weighted by atomic mass is 9.89. The van der Waals surface area contributed by atoms with Crippen molar-refractivity contribution in [2.75, 3.05) is 13.1 Å². The largest absolute Gasteiger partial charge is 0.461 e. The predicted octanol–water partition coefficient (Wildman–Crippen LogP) is 3.06. The van der Waals surface area contributed by atoms with E-state index in [2.05, 4.69) is 10.1 Å². The van der Waals surface area contributed by atoms with Gasteiger partial charge >= 0.3 is 0 Å². The molecule has 3 aromatic rings. The molecule has 1 aliphatic heterocycles. The van der Waals surface area contributed by atoms with E-state index in [0.29, 0.717) is 43.0 Å². The number of likely N-dealkylation sites (tertiary alicyclic amines) is 1. The fourth-order valence-corrected chi connectivity index (χ4v) is 3.16. The summed E-state index contributed by atoms with van der Waals surface area (Å²) < 4.78 is 10.4. The summed E-state index contributed by atoms with van der Waals surface area (Å²) in [4.78, 5) is 30.8. The highest BCUT2D eigenvalue weighted by Gasteiger charge is 2.29. The quantitative estimate of drug-likeness (QED) is 0.671. The van der Waals surface area contributed by atoms with Gasteiger partial charge in [-0.2, -0.15) is 0 Å². The number of carbonyl (C=O) groups excluding carboxylic acids is 2.